The molecule has 2 aliphatic rings. The average Bonchev–Trinajstić information content (AvgIpc) is 3.38. The lowest BCUT2D eigenvalue weighted by atomic mass is 10.1. The van der Waals surface area contributed by atoms with Crippen LogP contribution in [0.15, 0.2) is 18.3 Å². The summed E-state index contributed by atoms with van der Waals surface area (Å²) in [6.07, 6.45) is 7.10. The van der Waals surface area contributed by atoms with E-state index in [9.17, 15) is 4.79 Å². The maximum Gasteiger partial charge on any atom is 0.277 e. The number of carbonyl (C=O) groups excluding carboxylic acids is 1. The Morgan fingerprint density at radius 1 is 1.35 bits per heavy atom. The third kappa shape index (κ3) is 3.16. The monoisotopic (exact) mass is 357 g/mol. The van der Waals surface area contributed by atoms with E-state index in [0.717, 1.165) is 17.9 Å². The molecule has 2 fully saturated rings. The number of aryl methyl sites for hydroxylation is 1. The molecule has 0 bridgehead atoms. The molecule has 0 N–H and O–H groups in total. The van der Waals surface area contributed by atoms with Crippen molar-refractivity contribution in [3.05, 3.63) is 35.4 Å². The first-order valence-electron chi connectivity index (χ1n) is 9.55. The second kappa shape index (κ2) is 7.23. The van der Waals surface area contributed by atoms with Crippen LogP contribution >= 0.6 is 0 Å². The lowest BCUT2D eigenvalue weighted by Gasteiger charge is -2.35. The molecule has 26 heavy (non-hydrogen) atoms. The van der Waals surface area contributed by atoms with Crippen molar-refractivity contribution in [2.24, 2.45) is 13.0 Å². The van der Waals surface area contributed by atoms with Gasteiger partial charge in [-0.05, 0) is 37.8 Å². The van der Waals surface area contributed by atoms with Crippen LogP contribution in [0.4, 0.5) is 0 Å². The van der Waals surface area contributed by atoms with E-state index in [1.54, 1.807) is 0 Å². The first-order valence-corrected chi connectivity index (χ1v) is 9.55. The van der Waals surface area contributed by atoms with Crippen LogP contribution in [-0.2, 0) is 18.3 Å². The van der Waals surface area contributed by atoms with Crippen molar-refractivity contribution in [1.82, 2.24) is 24.5 Å². The maximum atomic E-state index is 13.2. The molecule has 7 heteroatoms. The van der Waals surface area contributed by atoms with Crippen molar-refractivity contribution >= 4 is 5.91 Å². The summed E-state index contributed by atoms with van der Waals surface area (Å²) in [5.74, 6) is 0.618. The van der Waals surface area contributed by atoms with Crippen molar-refractivity contribution in [1.29, 1.82) is 0 Å². The van der Waals surface area contributed by atoms with Crippen molar-refractivity contribution < 1.29 is 9.53 Å². The smallest absolute Gasteiger partial charge is 0.277 e. The molecule has 1 amide bonds. The highest BCUT2D eigenvalue weighted by atomic mass is 16.5. The molecule has 3 heterocycles. The number of nitrogens with zero attached hydrogens (tertiary/aromatic N) is 5. The van der Waals surface area contributed by atoms with Gasteiger partial charge in [-0.25, -0.2) is 4.68 Å². The molecule has 1 unspecified atom stereocenters. The summed E-state index contributed by atoms with van der Waals surface area (Å²) in [5.41, 5.74) is 2.43. The van der Waals surface area contributed by atoms with Gasteiger partial charge < -0.3 is 14.2 Å². The molecular weight excluding hydrogens is 330 g/mol. The van der Waals surface area contributed by atoms with Crippen molar-refractivity contribution in [3.63, 3.8) is 0 Å². The number of rotatable bonds is 4. The van der Waals surface area contributed by atoms with Gasteiger partial charge in [-0.1, -0.05) is 18.1 Å². The Morgan fingerprint density at radius 3 is 2.88 bits per heavy atom. The molecule has 2 aromatic rings. The fourth-order valence-corrected chi connectivity index (χ4v) is 4.22. The minimum Gasteiger partial charge on any atom is -0.377 e. The van der Waals surface area contributed by atoms with Crippen molar-refractivity contribution in [3.8, 4) is 0 Å². The van der Waals surface area contributed by atoms with Gasteiger partial charge >= 0.3 is 0 Å². The molecule has 1 aliphatic carbocycles. The quantitative estimate of drug-likeness (QED) is 0.842. The van der Waals surface area contributed by atoms with Gasteiger partial charge in [-0.3, -0.25) is 4.79 Å². The van der Waals surface area contributed by atoms with Gasteiger partial charge in [-0.2, -0.15) is 0 Å². The zero-order chi connectivity index (χ0) is 18.1. The van der Waals surface area contributed by atoms with Gasteiger partial charge in [0, 0.05) is 32.0 Å². The third-order valence-corrected chi connectivity index (χ3v) is 5.81. The van der Waals surface area contributed by atoms with Crippen LogP contribution < -0.4 is 0 Å². The number of amides is 1. The third-order valence-electron chi connectivity index (χ3n) is 5.81. The summed E-state index contributed by atoms with van der Waals surface area (Å²) in [6, 6.07) is 3.95. The highest BCUT2D eigenvalue weighted by molar-refractivity contribution is 5.93. The van der Waals surface area contributed by atoms with E-state index in [1.165, 1.54) is 25.7 Å². The minimum atomic E-state index is -0.0874. The Balaban J connectivity index is 1.56. The number of hydrogen-bond acceptors (Lipinski definition) is 4. The summed E-state index contributed by atoms with van der Waals surface area (Å²) in [4.78, 5) is 15.1. The standard InChI is InChI=1S/C19H27N5O2/c1-14-18(20-21-24(14)12-15-6-3-4-7-15)19(25)23-10-11-26-13-17(23)16-8-5-9-22(16)2/h5,8-9,15,17H,3-4,6-7,10-13H2,1-2H3. The van der Waals surface area contributed by atoms with Gasteiger partial charge in [0.1, 0.15) is 0 Å². The van der Waals surface area contributed by atoms with Gasteiger partial charge in [0.15, 0.2) is 5.69 Å². The largest absolute Gasteiger partial charge is 0.377 e. The molecule has 1 atom stereocenters. The van der Waals surface area contributed by atoms with E-state index < -0.39 is 0 Å². The Kier molecular flexibility index (Phi) is 4.80. The summed E-state index contributed by atoms with van der Waals surface area (Å²) >= 11 is 0. The predicted octanol–water partition coefficient (Wildman–Crippen LogP) is 2.33. The average molecular weight is 357 g/mol. The maximum absolute atomic E-state index is 13.2. The lowest BCUT2D eigenvalue weighted by Crippen LogP contribution is -2.44. The van der Waals surface area contributed by atoms with Crippen molar-refractivity contribution in [2.45, 2.75) is 45.2 Å². The zero-order valence-corrected chi connectivity index (χ0v) is 15.6. The predicted molar refractivity (Wildman–Crippen MR) is 96.7 cm³/mol. The topological polar surface area (TPSA) is 65.2 Å². The first kappa shape index (κ1) is 17.3. The molecule has 4 rings (SSSR count). The van der Waals surface area contributed by atoms with Crippen LogP contribution in [0.1, 0.15) is 53.6 Å². The second-order valence-corrected chi connectivity index (χ2v) is 7.49. The Labute approximate surface area is 153 Å². The molecule has 2 aromatic heterocycles. The minimum absolute atomic E-state index is 0.0466. The fraction of sp³-hybridized carbons (Fsp3) is 0.632. The van der Waals surface area contributed by atoms with Crippen LogP contribution in [0.2, 0.25) is 0 Å². The summed E-state index contributed by atoms with van der Waals surface area (Å²) < 4.78 is 9.62. The van der Waals surface area contributed by atoms with Crippen LogP contribution in [0.3, 0.4) is 0 Å². The highest BCUT2D eigenvalue weighted by Gasteiger charge is 2.33. The Hall–Kier alpha value is -2.15. The fourth-order valence-electron chi connectivity index (χ4n) is 4.22. The van der Waals surface area contributed by atoms with Gasteiger partial charge in [0.2, 0.25) is 0 Å². The molecule has 1 aliphatic heterocycles. The molecular formula is C19H27N5O2. The van der Waals surface area contributed by atoms with E-state index in [-0.39, 0.29) is 11.9 Å². The number of morpholine rings is 1. The van der Waals surface area contributed by atoms with Crippen LogP contribution in [0, 0.1) is 12.8 Å². The van der Waals surface area contributed by atoms with Crippen LogP contribution in [-0.4, -0.2) is 50.1 Å². The summed E-state index contributed by atoms with van der Waals surface area (Å²) in [5, 5.41) is 8.53. The van der Waals surface area contributed by atoms with E-state index >= 15 is 0 Å². The summed E-state index contributed by atoms with van der Waals surface area (Å²) in [6.45, 7) is 4.47. The second-order valence-electron chi connectivity index (χ2n) is 7.49. The molecule has 140 valence electrons. The zero-order valence-electron chi connectivity index (χ0n) is 15.6. The number of hydrogen-bond donors (Lipinski definition) is 0. The van der Waals surface area contributed by atoms with E-state index in [0.29, 0.717) is 31.4 Å². The normalized spacial score (nSPS) is 21.5. The molecule has 7 nitrogen and oxygen atoms in total. The molecule has 1 saturated carbocycles. The molecule has 0 aromatic carbocycles. The van der Waals surface area contributed by atoms with Gasteiger partial charge in [0.05, 0.1) is 24.9 Å². The van der Waals surface area contributed by atoms with Crippen molar-refractivity contribution in [2.75, 3.05) is 19.8 Å². The van der Waals surface area contributed by atoms with Gasteiger partial charge in [0.25, 0.3) is 5.91 Å². The molecule has 0 radical (unpaired) electrons. The van der Waals surface area contributed by atoms with E-state index in [1.807, 2.05) is 46.4 Å². The van der Waals surface area contributed by atoms with Crippen LogP contribution in [0.5, 0.6) is 0 Å². The Bertz CT molecular complexity index is 775. The van der Waals surface area contributed by atoms with Gasteiger partial charge in [-0.15, -0.1) is 5.10 Å². The molecule has 0 spiro atoms. The number of ether oxygens (including phenoxy) is 1. The Morgan fingerprint density at radius 2 is 2.15 bits per heavy atom. The SMILES string of the molecule is Cc1c(C(=O)N2CCOCC2c2cccn2C)nnn1CC1CCCC1. The highest BCUT2D eigenvalue weighted by Crippen LogP contribution is 2.28. The van der Waals surface area contributed by atoms with E-state index in [4.69, 9.17) is 4.74 Å². The number of carbonyl (C=O) groups is 1. The first-order chi connectivity index (χ1) is 12.6. The lowest BCUT2D eigenvalue weighted by molar-refractivity contribution is -0.00499. The number of aromatic nitrogens is 4. The van der Waals surface area contributed by atoms with E-state index in [2.05, 4.69) is 10.3 Å². The summed E-state index contributed by atoms with van der Waals surface area (Å²) in [7, 11) is 2.00. The molecule has 1 saturated heterocycles. The van der Waals surface area contributed by atoms with Crippen LogP contribution in [0.25, 0.3) is 0 Å².